The summed E-state index contributed by atoms with van der Waals surface area (Å²) in [7, 11) is -1.65. The Hall–Kier alpha value is -1.64. The Labute approximate surface area is 142 Å². The number of amides is 2. The van der Waals surface area contributed by atoms with E-state index in [1.54, 1.807) is 6.92 Å². The second kappa shape index (κ2) is 7.50. The lowest BCUT2D eigenvalue weighted by atomic mass is 9.97. The number of piperidine rings is 1. The van der Waals surface area contributed by atoms with Gasteiger partial charge in [0.15, 0.2) is 9.84 Å². The zero-order chi connectivity index (χ0) is 17.9. The number of rotatable bonds is 3. The van der Waals surface area contributed by atoms with Gasteiger partial charge in [-0.25, -0.2) is 8.42 Å². The largest absolute Gasteiger partial charge is 0.466 e. The van der Waals surface area contributed by atoms with Crippen molar-refractivity contribution in [3.63, 3.8) is 0 Å². The Morgan fingerprint density at radius 1 is 1.17 bits per heavy atom. The summed E-state index contributed by atoms with van der Waals surface area (Å²) in [4.78, 5) is 39.0. The minimum atomic E-state index is -3.12. The number of nitrogens with zero attached hydrogens (tertiary/aromatic N) is 2. The third-order valence-corrected chi connectivity index (χ3v) is 6.41. The second-order valence-corrected chi connectivity index (χ2v) is 8.52. The number of hydrogen-bond donors (Lipinski definition) is 0. The van der Waals surface area contributed by atoms with Gasteiger partial charge in [0, 0.05) is 26.2 Å². The maximum absolute atomic E-state index is 12.3. The number of likely N-dealkylation sites (N-methyl/N-ethyl adjacent to an activating group) is 1. The molecule has 0 aliphatic carbocycles. The predicted octanol–water partition coefficient (Wildman–Crippen LogP) is -0.566. The number of likely N-dealkylation sites (tertiary alicyclic amines) is 1. The third kappa shape index (κ3) is 4.25. The first-order valence-electron chi connectivity index (χ1n) is 8.18. The molecule has 2 rings (SSSR count). The van der Waals surface area contributed by atoms with Gasteiger partial charge >= 0.3 is 17.8 Å². The van der Waals surface area contributed by atoms with Gasteiger partial charge in [0.1, 0.15) is 0 Å². The first kappa shape index (κ1) is 18.7. The summed E-state index contributed by atoms with van der Waals surface area (Å²) in [5.41, 5.74) is 0. The highest BCUT2D eigenvalue weighted by molar-refractivity contribution is 7.91. The Kier molecular flexibility index (Phi) is 5.84. The number of ether oxygens (including phenoxy) is 1. The Bertz CT molecular complexity index is 609. The fourth-order valence-corrected chi connectivity index (χ4v) is 4.89. The first-order chi connectivity index (χ1) is 11.2. The zero-order valence-corrected chi connectivity index (χ0v) is 14.9. The number of sulfone groups is 1. The van der Waals surface area contributed by atoms with Crippen molar-refractivity contribution in [2.45, 2.75) is 32.2 Å². The van der Waals surface area contributed by atoms with Crippen LogP contribution in [-0.2, 0) is 29.0 Å². The summed E-state index contributed by atoms with van der Waals surface area (Å²) in [5, 5.41) is 0. The van der Waals surface area contributed by atoms with Crippen LogP contribution in [0.15, 0.2) is 0 Å². The molecular formula is C15H24N2O6S. The van der Waals surface area contributed by atoms with Crippen LogP contribution in [0.25, 0.3) is 0 Å². The van der Waals surface area contributed by atoms with Gasteiger partial charge < -0.3 is 14.5 Å². The fourth-order valence-electron chi connectivity index (χ4n) is 3.11. The van der Waals surface area contributed by atoms with Gasteiger partial charge in [-0.1, -0.05) is 0 Å². The lowest BCUT2D eigenvalue weighted by Gasteiger charge is -2.32. The van der Waals surface area contributed by atoms with Crippen molar-refractivity contribution in [3.8, 4) is 0 Å². The van der Waals surface area contributed by atoms with E-state index in [0.717, 1.165) is 0 Å². The van der Waals surface area contributed by atoms with Crippen molar-refractivity contribution in [1.82, 2.24) is 9.80 Å². The molecule has 0 N–H and O–H groups in total. The highest BCUT2D eigenvalue weighted by atomic mass is 32.2. The molecule has 8 nitrogen and oxygen atoms in total. The van der Waals surface area contributed by atoms with Gasteiger partial charge in [0.2, 0.25) is 0 Å². The summed E-state index contributed by atoms with van der Waals surface area (Å²) in [6, 6.07) is -0.441. The van der Waals surface area contributed by atoms with Gasteiger partial charge in [-0.3, -0.25) is 14.4 Å². The highest BCUT2D eigenvalue weighted by Crippen LogP contribution is 2.20. The van der Waals surface area contributed by atoms with Crippen LogP contribution in [0.1, 0.15) is 26.2 Å². The van der Waals surface area contributed by atoms with Crippen LogP contribution in [0.4, 0.5) is 0 Å². The molecule has 0 radical (unpaired) electrons. The third-order valence-electron chi connectivity index (χ3n) is 4.66. The summed E-state index contributed by atoms with van der Waals surface area (Å²) in [6.45, 7) is 2.72. The molecule has 0 aromatic heterocycles. The van der Waals surface area contributed by atoms with Crippen molar-refractivity contribution in [2.75, 3.05) is 38.2 Å². The molecule has 1 unspecified atom stereocenters. The maximum atomic E-state index is 12.3. The highest BCUT2D eigenvalue weighted by Gasteiger charge is 2.37. The lowest BCUT2D eigenvalue weighted by Crippen LogP contribution is -2.50. The summed E-state index contributed by atoms with van der Waals surface area (Å²) in [6.07, 6.45) is 1.31. The van der Waals surface area contributed by atoms with E-state index in [9.17, 15) is 22.8 Å². The molecule has 0 spiro atoms. The normalized spacial score (nSPS) is 23.8. The van der Waals surface area contributed by atoms with Crippen molar-refractivity contribution in [1.29, 1.82) is 0 Å². The molecule has 2 heterocycles. The first-order valence-corrected chi connectivity index (χ1v) is 10.0. The van der Waals surface area contributed by atoms with Crippen molar-refractivity contribution < 1.29 is 27.5 Å². The van der Waals surface area contributed by atoms with Crippen LogP contribution in [0.3, 0.4) is 0 Å². The molecular weight excluding hydrogens is 336 g/mol. The summed E-state index contributed by atoms with van der Waals surface area (Å²) >= 11 is 0. The van der Waals surface area contributed by atoms with Crippen molar-refractivity contribution >= 4 is 27.6 Å². The SMILES string of the molecule is CCOC(=O)C1CCN(C(=O)C(=O)N(C)C2CCS(=O)(=O)C2)CC1. The topological polar surface area (TPSA) is 101 Å². The Balaban J connectivity index is 1.88. The van der Waals surface area contributed by atoms with Crippen molar-refractivity contribution in [2.24, 2.45) is 5.92 Å². The minimum absolute atomic E-state index is 0.0500. The lowest BCUT2D eigenvalue weighted by molar-refractivity contribution is -0.155. The molecule has 2 saturated heterocycles. The minimum Gasteiger partial charge on any atom is -0.466 e. The van der Waals surface area contributed by atoms with E-state index in [1.165, 1.54) is 16.8 Å². The van der Waals surface area contributed by atoms with Crippen LogP contribution >= 0.6 is 0 Å². The standard InChI is InChI=1S/C15H24N2O6S/c1-3-23-15(20)11-4-7-17(8-5-11)14(19)13(18)16(2)12-6-9-24(21,22)10-12/h11-12H,3-10H2,1-2H3. The fraction of sp³-hybridized carbons (Fsp3) is 0.800. The van der Waals surface area contributed by atoms with E-state index in [0.29, 0.717) is 39.0 Å². The number of carbonyl (C=O) groups is 3. The van der Waals surface area contributed by atoms with Crippen LogP contribution in [0, 0.1) is 5.92 Å². The average molecular weight is 360 g/mol. The molecule has 0 saturated carbocycles. The molecule has 0 aromatic rings. The molecule has 2 amide bonds. The van der Waals surface area contributed by atoms with E-state index in [4.69, 9.17) is 4.74 Å². The molecule has 0 aromatic carbocycles. The van der Waals surface area contributed by atoms with Crippen LogP contribution in [0.2, 0.25) is 0 Å². The molecule has 0 bridgehead atoms. The van der Waals surface area contributed by atoms with E-state index in [1.807, 2.05) is 0 Å². The van der Waals surface area contributed by atoms with Gasteiger partial charge in [-0.15, -0.1) is 0 Å². The summed E-state index contributed by atoms with van der Waals surface area (Å²) in [5.74, 6) is -1.86. The molecule has 2 aliphatic rings. The number of hydrogen-bond acceptors (Lipinski definition) is 6. The predicted molar refractivity (Wildman–Crippen MR) is 85.8 cm³/mol. The van der Waals surface area contributed by atoms with E-state index >= 15 is 0 Å². The second-order valence-electron chi connectivity index (χ2n) is 6.29. The molecule has 136 valence electrons. The van der Waals surface area contributed by atoms with Crippen molar-refractivity contribution in [3.05, 3.63) is 0 Å². The van der Waals surface area contributed by atoms with Crippen LogP contribution < -0.4 is 0 Å². The number of carbonyl (C=O) groups excluding carboxylic acids is 3. The van der Waals surface area contributed by atoms with E-state index < -0.39 is 27.7 Å². The zero-order valence-electron chi connectivity index (χ0n) is 14.1. The molecule has 2 aliphatic heterocycles. The molecule has 2 fully saturated rings. The Morgan fingerprint density at radius 3 is 2.29 bits per heavy atom. The molecule has 24 heavy (non-hydrogen) atoms. The van der Waals surface area contributed by atoms with Gasteiger partial charge in [0.25, 0.3) is 0 Å². The van der Waals surface area contributed by atoms with Crippen LogP contribution in [-0.4, -0.2) is 80.3 Å². The summed E-state index contributed by atoms with van der Waals surface area (Å²) < 4.78 is 28.0. The van der Waals surface area contributed by atoms with Gasteiger partial charge in [-0.05, 0) is 26.2 Å². The monoisotopic (exact) mass is 360 g/mol. The quantitative estimate of drug-likeness (QED) is 0.494. The van der Waals surface area contributed by atoms with Gasteiger partial charge in [-0.2, -0.15) is 0 Å². The molecule has 1 atom stereocenters. The van der Waals surface area contributed by atoms with Gasteiger partial charge in [0.05, 0.1) is 24.0 Å². The molecule has 9 heteroatoms. The number of esters is 1. The maximum Gasteiger partial charge on any atom is 0.312 e. The Morgan fingerprint density at radius 2 is 1.79 bits per heavy atom. The van der Waals surface area contributed by atoms with E-state index in [-0.39, 0.29) is 23.4 Å². The van der Waals surface area contributed by atoms with E-state index in [2.05, 4.69) is 0 Å². The smallest absolute Gasteiger partial charge is 0.312 e. The van der Waals surface area contributed by atoms with Crippen LogP contribution in [0.5, 0.6) is 0 Å². The average Bonchev–Trinajstić information content (AvgIpc) is 2.93.